The molecule has 0 aliphatic heterocycles. The molecule has 1 rings (SSSR count). The Kier molecular flexibility index (Phi) is 14.3. The van der Waals surface area contributed by atoms with E-state index in [2.05, 4.69) is 6.92 Å². The second-order valence-electron chi connectivity index (χ2n) is 7.07. The zero-order chi connectivity index (χ0) is 19.7. The van der Waals surface area contributed by atoms with Crippen molar-refractivity contribution in [2.24, 2.45) is 0 Å². The second-order valence-corrected chi connectivity index (χ2v) is 7.07. The van der Waals surface area contributed by atoms with Crippen LogP contribution < -0.4 is 0 Å². The normalized spacial score (nSPS) is 14.8. The Labute approximate surface area is 164 Å². The van der Waals surface area contributed by atoms with Crippen molar-refractivity contribution in [3.63, 3.8) is 0 Å². The van der Waals surface area contributed by atoms with Crippen LogP contribution in [0.15, 0.2) is 30.3 Å². The van der Waals surface area contributed by atoms with Crippen LogP contribution in [0.25, 0.3) is 0 Å². The van der Waals surface area contributed by atoms with Gasteiger partial charge in [-0.3, -0.25) is 0 Å². The largest absolute Gasteiger partial charge is 0.393 e. The molecule has 3 atom stereocenters. The highest BCUT2D eigenvalue weighted by Crippen LogP contribution is 2.22. The maximum absolute atomic E-state index is 9.81. The Morgan fingerprint density at radius 1 is 0.815 bits per heavy atom. The summed E-state index contributed by atoms with van der Waals surface area (Å²) in [6, 6.07) is 9.32. The lowest BCUT2D eigenvalue weighted by Crippen LogP contribution is -2.33. The highest BCUT2D eigenvalue weighted by Gasteiger charge is 2.22. The fraction of sp³-hybridized carbons (Fsp3) is 0.727. The van der Waals surface area contributed by atoms with Crippen LogP contribution >= 0.6 is 0 Å². The molecular formula is C22H38O5. The third-order valence-corrected chi connectivity index (χ3v) is 4.62. The molecule has 0 aliphatic rings. The average molecular weight is 383 g/mol. The van der Waals surface area contributed by atoms with Gasteiger partial charge < -0.3 is 24.8 Å². The Balaban J connectivity index is 2.22. The lowest BCUT2D eigenvalue weighted by atomic mass is 10.1. The molecule has 0 saturated carbocycles. The number of hydrogen-bond acceptors (Lipinski definition) is 5. The molecule has 5 heteroatoms. The number of ether oxygens (including phenoxy) is 2. The van der Waals surface area contributed by atoms with Crippen molar-refractivity contribution >= 4 is 0 Å². The molecule has 3 N–H and O–H groups in total. The van der Waals surface area contributed by atoms with Crippen LogP contribution in [0.2, 0.25) is 0 Å². The Bertz CT molecular complexity index is 440. The van der Waals surface area contributed by atoms with E-state index >= 15 is 0 Å². The van der Waals surface area contributed by atoms with Crippen molar-refractivity contribution in [3.8, 4) is 0 Å². The summed E-state index contributed by atoms with van der Waals surface area (Å²) < 4.78 is 11.2. The minimum absolute atomic E-state index is 0.526. The summed E-state index contributed by atoms with van der Waals surface area (Å²) in [6.45, 7) is 2.20. The summed E-state index contributed by atoms with van der Waals surface area (Å²) in [5.74, 6) is 0. The van der Waals surface area contributed by atoms with E-state index in [0.717, 1.165) is 18.4 Å². The molecule has 0 aliphatic carbocycles. The maximum Gasteiger partial charge on any atom is 0.186 e. The molecule has 1 aromatic carbocycles. The standard InChI is InChI=1S/C22H38O5/c1-2-3-4-5-6-7-8-9-10-14-17-26-22(19-15-12-11-13-16-19)27-21(25)20(24)18-23/h11-13,15-16,20-25H,2-10,14,17-18H2,1H3. The first kappa shape index (κ1) is 24.1. The second kappa shape index (κ2) is 16.0. The van der Waals surface area contributed by atoms with Gasteiger partial charge in [0.05, 0.1) is 13.2 Å². The van der Waals surface area contributed by atoms with Gasteiger partial charge in [0.25, 0.3) is 0 Å². The van der Waals surface area contributed by atoms with E-state index in [1.54, 1.807) is 0 Å². The van der Waals surface area contributed by atoms with Crippen LogP contribution in [0.3, 0.4) is 0 Å². The van der Waals surface area contributed by atoms with Gasteiger partial charge in [-0.2, -0.15) is 0 Å². The molecular weight excluding hydrogens is 344 g/mol. The van der Waals surface area contributed by atoms with E-state index in [-0.39, 0.29) is 0 Å². The molecule has 0 amide bonds. The van der Waals surface area contributed by atoms with Crippen molar-refractivity contribution in [2.45, 2.75) is 89.8 Å². The molecule has 0 fully saturated rings. The van der Waals surface area contributed by atoms with Crippen molar-refractivity contribution in [1.82, 2.24) is 0 Å². The van der Waals surface area contributed by atoms with Crippen LogP contribution in [-0.4, -0.2) is 40.9 Å². The number of hydrogen-bond donors (Lipinski definition) is 3. The zero-order valence-electron chi connectivity index (χ0n) is 16.8. The quantitative estimate of drug-likeness (QED) is 0.276. The number of aliphatic hydroxyl groups is 3. The van der Waals surface area contributed by atoms with Gasteiger partial charge in [0.15, 0.2) is 12.6 Å². The van der Waals surface area contributed by atoms with Gasteiger partial charge in [-0.1, -0.05) is 95.0 Å². The van der Waals surface area contributed by atoms with Crippen molar-refractivity contribution in [2.75, 3.05) is 13.2 Å². The summed E-state index contributed by atoms with van der Waals surface area (Å²) in [4.78, 5) is 0. The third kappa shape index (κ3) is 11.5. The molecule has 1 aromatic rings. The molecule has 5 nitrogen and oxygen atoms in total. The van der Waals surface area contributed by atoms with Crippen LogP contribution in [-0.2, 0) is 9.47 Å². The van der Waals surface area contributed by atoms with Crippen molar-refractivity contribution in [1.29, 1.82) is 0 Å². The van der Waals surface area contributed by atoms with Gasteiger partial charge in [0.2, 0.25) is 0 Å². The molecule has 27 heavy (non-hydrogen) atoms. The first-order valence-electron chi connectivity index (χ1n) is 10.5. The molecule has 0 radical (unpaired) electrons. The molecule has 0 saturated heterocycles. The number of unbranched alkanes of at least 4 members (excludes halogenated alkanes) is 9. The fourth-order valence-corrected chi connectivity index (χ4v) is 2.91. The number of aliphatic hydroxyl groups excluding tert-OH is 3. The topological polar surface area (TPSA) is 79.2 Å². The van der Waals surface area contributed by atoms with E-state index in [0.29, 0.717) is 6.61 Å². The first-order chi connectivity index (χ1) is 13.2. The van der Waals surface area contributed by atoms with Gasteiger partial charge in [-0.05, 0) is 6.42 Å². The minimum Gasteiger partial charge on any atom is -0.393 e. The Morgan fingerprint density at radius 2 is 1.37 bits per heavy atom. The molecule has 156 valence electrons. The van der Waals surface area contributed by atoms with E-state index in [1.807, 2.05) is 30.3 Å². The molecule has 0 heterocycles. The molecule has 0 aromatic heterocycles. The van der Waals surface area contributed by atoms with Gasteiger partial charge in [0.1, 0.15) is 6.10 Å². The van der Waals surface area contributed by atoms with Crippen LogP contribution in [0.1, 0.15) is 83.0 Å². The SMILES string of the molecule is CCCCCCCCCCCCOC(OC(O)C(O)CO)c1ccccc1. The van der Waals surface area contributed by atoms with Crippen molar-refractivity contribution in [3.05, 3.63) is 35.9 Å². The number of rotatable bonds is 17. The van der Waals surface area contributed by atoms with Gasteiger partial charge in [-0.15, -0.1) is 0 Å². The first-order valence-corrected chi connectivity index (χ1v) is 10.5. The van der Waals surface area contributed by atoms with Crippen LogP contribution in [0.4, 0.5) is 0 Å². The van der Waals surface area contributed by atoms with Gasteiger partial charge in [0, 0.05) is 5.56 Å². The van der Waals surface area contributed by atoms with E-state index in [4.69, 9.17) is 14.6 Å². The summed E-state index contributed by atoms with van der Waals surface area (Å²) in [6.07, 6.45) is 8.93. The monoisotopic (exact) mass is 382 g/mol. The average Bonchev–Trinajstić information content (AvgIpc) is 2.71. The predicted molar refractivity (Wildman–Crippen MR) is 107 cm³/mol. The summed E-state index contributed by atoms with van der Waals surface area (Å²) in [5.41, 5.74) is 0.772. The lowest BCUT2D eigenvalue weighted by Gasteiger charge is -2.24. The predicted octanol–water partition coefficient (Wildman–Crippen LogP) is 4.31. The molecule has 0 spiro atoms. The summed E-state index contributed by atoms with van der Waals surface area (Å²) in [7, 11) is 0. The van der Waals surface area contributed by atoms with E-state index in [1.165, 1.54) is 51.4 Å². The zero-order valence-corrected chi connectivity index (χ0v) is 16.8. The van der Waals surface area contributed by atoms with Crippen molar-refractivity contribution < 1.29 is 24.8 Å². The maximum atomic E-state index is 9.81. The van der Waals surface area contributed by atoms with Crippen LogP contribution in [0.5, 0.6) is 0 Å². The van der Waals surface area contributed by atoms with Gasteiger partial charge in [-0.25, -0.2) is 0 Å². The highest BCUT2D eigenvalue weighted by molar-refractivity contribution is 5.16. The third-order valence-electron chi connectivity index (χ3n) is 4.62. The fourth-order valence-electron chi connectivity index (χ4n) is 2.91. The van der Waals surface area contributed by atoms with Crippen LogP contribution in [0, 0.1) is 0 Å². The highest BCUT2D eigenvalue weighted by atomic mass is 16.7. The smallest absolute Gasteiger partial charge is 0.186 e. The van der Waals surface area contributed by atoms with E-state index < -0.39 is 25.3 Å². The molecule has 3 unspecified atom stereocenters. The number of benzene rings is 1. The van der Waals surface area contributed by atoms with Gasteiger partial charge >= 0.3 is 0 Å². The summed E-state index contributed by atoms with van der Waals surface area (Å²) in [5, 5.41) is 28.3. The molecule has 0 bridgehead atoms. The minimum atomic E-state index is -1.49. The van der Waals surface area contributed by atoms with E-state index in [9.17, 15) is 10.2 Å². The Morgan fingerprint density at radius 3 is 1.93 bits per heavy atom. The lowest BCUT2D eigenvalue weighted by molar-refractivity contribution is -0.263. The Hall–Kier alpha value is -0.980. The summed E-state index contributed by atoms with van der Waals surface area (Å²) >= 11 is 0.